The Morgan fingerprint density at radius 1 is 1.09 bits per heavy atom. The number of allylic oxidation sites excluding steroid dienone is 4. The molecule has 0 radical (unpaired) electrons. The first-order valence-electron chi connectivity index (χ1n) is 3.43. The summed E-state index contributed by atoms with van der Waals surface area (Å²) in [5, 5.41) is 0. The molecule has 1 aliphatic rings. The van der Waals surface area contributed by atoms with Gasteiger partial charge in [0.1, 0.15) is 0 Å². The largest absolute Gasteiger partial charge is 0.395 e. The fourth-order valence-corrected chi connectivity index (χ4v) is 1.13. The fraction of sp³-hybridized carbons (Fsp3) is 0.500. The average Bonchev–Trinajstić information content (AvgIpc) is 1.86. The lowest BCUT2D eigenvalue weighted by Crippen LogP contribution is -2.27. The van der Waals surface area contributed by atoms with E-state index in [9.17, 15) is 13.2 Å². The number of hydrogen-bond donors (Lipinski definition) is 0. The van der Waals surface area contributed by atoms with E-state index in [4.69, 9.17) is 0 Å². The van der Waals surface area contributed by atoms with Crippen molar-refractivity contribution in [1.29, 1.82) is 0 Å². The molecule has 0 bridgehead atoms. The second-order valence-electron chi connectivity index (χ2n) is 2.70. The molecule has 0 N–H and O–H groups in total. The smallest absolute Gasteiger partial charge is 0.170 e. The minimum Gasteiger partial charge on any atom is -0.170 e. The van der Waals surface area contributed by atoms with Gasteiger partial charge in [-0.2, -0.15) is 13.2 Å². The van der Waals surface area contributed by atoms with Crippen LogP contribution < -0.4 is 0 Å². The first-order chi connectivity index (χ1) is 5.02. The van der Waals surface area contributed by atoms with Gasteiger partial charge in [-0.15, -0.1) is 0 Å². The molecule has 0 aromatic heterocycles. The lowest BCUT2D eigenvalue weighted by Gasteiger charge is -2.22. The molecule has 0 saturated heterocycles. The van der Waals surface area contributed by atoms with Crippen molar-refractivity contribution in [2.45, 2.75) is 13.1 Å². The van der Waals surface area contributed by atoms with Crippen LogP contribution in [0.25, 0.3) is 0 Å². The summed E-state index contributed by atoms with van der Waals surface area (Å²) in [4.78, 5) is 0. The van der Waals surface area contributed by atoms with Gasteiger partial charge in [0.05, 0.1) is 5.92 Å². The number of alkyl halides is 3. The van der Waals surface area contributed by atoms with E-state index in [-0.39, 0.29) is 0 Å². The van der Waals surface area contributed by atoms with Crippen molar-refractivity contribution < 1.29 is 13.2 Å². The third kappa shape index (κ3) is 1.85. The molecule has 0 nitrogen and oxygen atoms in total. The first kappa shape index (κ1) is 8.37. The van der Waals surface area contributed by atoms with Gasteiger partial charge in [-0.05, 0) is 5.92 Å². The molecule has 62 valence electrons. The Balaban J connectivity index is 2.74. The zero-order valence-electron chi connectivity index (χ0n) is 6.10. The molecule has 1 aliphatic carbocycles. The molecule has 0 heterocycles. The normalized spacial score (nSPS) is 30.9. The molecule has 0 aliphatic heterocycles. The summed E-state index contributed by atoms with van der Waals surface area (Å²) < 4.78 is 36.3. The van der Waals surface area contributed by atoms with E-state index in [2.05, 4.69) is 0 Å². The molecule has 2 unspecified atom stereocenters. The molecule has 0 fully saturated rings. The van der Waals surface area contributed by atoms with Crippen molar-refractivity contribution in [1.82, 2.24) is 0 Å². The summed E-state index contributed by atoms with van der Waals surface area (Å²) >= 11 is 0. The van der Waals surface area contributed by atoms with Crippen LogP contribution in [0.3, 0.4) is 0 Å². The maximum absolute atomic E-state index is 12.1. The summed E-state index contributed by atoms with van der Waals surface area (Å²) in [5.74, 6) is -1.73. The van der Waals surface area contributed by atoms with Crippen molar-refractivity contribution in [3.63, 3.8) is 0 Å². The highest BCUT2D eigenvalue weighted by Gasteiger charge is 2.40. The lowest BCUT2D eigenvalue weighted by atomic mass is 9.90. The maximum Gasteiger partial charge on any atom is 0.395 e. The highest BCUT2D eigenvalue weighted by molar-refractivity contribution is 5.14. The minimum atomic E-state index is -4.10. The van der Waals surface area contributed by atoms with E-state index in [0.717, 1.165) is 0 Å². The second kappa shape index (κ2) is 2.72. The van der Waals surface area contributed by atoms with Gasteiger partial charge < -0.3 is 0 Å². The van der Waals surface area contributed by atoms with E-state index in [1.54, 1.807) is 19.1 Å². The highest BCUT2D eigenvalue weighted by Crippen LogP contribution is 2.35. The van der Waals surface area contributed by atoms with Crippen molar-refractivity contribution in [3.05, 3.63) is 24.3 Å². The van der Waals surface area contributed by atoms with Crippen LogP contribution in [-0.2, 0) is 0 Å². The van der Waals surface area contributed by atoms with Gasteiger partial charge >= 0.3 is 6.18 Å². The predicted molar refractivity (Wildman–Crippen MR) is 37.0 cm³/mol. The van der Waals surface area contributed by atoms with Gasteiger partial charge in [0.25, 0.3) is 0 Å². The molecular weight excluding hydrogens is 153 g/mol. The quantitative estimate of drug-likeness (QED) is 0.513. The van der Waals surface area contributed by atoms with Gasteiger partial charge in [0.2, 0.25) is 0 Å². The summed E-state index contributed by atoms with van der Waals surface area (Å²) in [6.45, 7) is 1.57. The van der Waals surface area contributed by atoms with Crippen LogP contribution in [0.15, 0.2) is 24.3 Å². The Morgan fingerprint density at radius 2 is 1.64 bits per heavy atom. The molecule has 0 spiro atoms. The third-order valence-corrected chi connectivity index (χ3v) is 1.79. The van der Waals surface area contributed by atoms with Crippen LogP contribution in [0.5, 0.6) is 0 Å². The number of hydrogen-bond acceptors (Lipinski definition) is 0. The number of halogens is 3. The van der Waals surface area contributed by atoms with Crippen molar-refractivity contribution in [2.24, 2.45) is 11.8 Å². The van der Waals surface area contributed by atoms with Gasteiger partial charge in [0, 0.05) is 0 Å². The van der Waals surface area contributed by atoms with Crippen LogP contribution in [0, 0.1) is 11.8 Å². The van der Waals surface area contributed by atoms with Gasteiger partial charge in [-0.25, -0.2) is 0 Å². The van der Waals surface area contributed by atoms with E-state index in [1.165, 1.54) is 12.2 Å². The Kier molecular flexibility index (Phi) is 2.07. The molecule has 0 saturated carbocycles. The molecular formula is C8H9F3. The molecule has 0 aromatic rings. The molecule has 3 heteroatoms. The first-order valence-corrected chi connectivity index (χ1v) is 3.43. The fourth-order valence-electron chi connectivity index (χ4n) is 1.13. The molecule has 0 amide bonds. The average molecular weight is 162 g/mol. The van der Waals surface area contributed by atoms with E-state index in [1.807, 2.05) is 0 Å². The molecule has 0 aromatic carbocycles. The zero-order valence-corrected chi connectivity index (χ0v) is 6.10. The Labute approximate surface area is 63.4 Å². The summed E-state index contributed by atoms with van der Waals surface area (Å²) in [6, 6.07) is 0. The van der Waals surface area contributed by atoms with Crippen LogP contribution in [0.2, 0.25) is 0 Å². The van der Waals surface area contributed by atoms with Crippen LogP contribution in [0.4, 0.5) is 13.2 Å². The molecule has 2 atom stereocenters. The Bertz CT molecular complexity index is 188. The SMILES string of the molecule is CC1C=CC=CC1C(F)(F)F. The predicted octanol–water partition coefficient (Wildman–Crippen LogP) is 2.93. The van der Waals surface area contributed by atoms with Gasteiger partial charge in [0.15, 0.2) is 0 Å². The van der Waals surface area contributed by atoms with Crippen LogP contribution >= 0.6 is 0 Å². The molecule has 1 rings (SSSR count). The van der Waals surface area contributed by atoms with Crippen molar-refractivity contribution >= 4 is 0 Å². The van der Waals surface area contributed by atoms with E-state index < -0.39 is 18.0 Å². The summed E-state index contributed by atoms with van der Waals surface area (Å²) in [5.41, 5.74) is 0. The molecule has 11 heavy (non-hydrogen) atoms. The summed E-state index contributed by atoms with van der Waals surface area (Å²) in [7, 11) is 0. The van der Waals surface area contributed by atoms with E-state index >= 15 is 0 Å². The van der Waals surface area contributed by atoms with Gasteiger partial charge in [-0.3, -0.25) is 0 Å². The monoisotopic (exact) mass is 162 g/mol. The summed E-state index contributed by atoms with van der Waals surface area (Å²) in [6.07, 6.45) is 1.76. The second-order valence-corrected chi connectivity index (χ2v) is 2.70. The van der Waals surface area contributed by atoms with E-state index in [0.29, 0.717) is 0 Å². The van der Waals surface area contributed by atoms with Gasteiger partial charge in [-0.1, -0.05) is 31.2 Å². The topological polar surface area (TPSA) is 0 Å². The van der Waals surface area contributed by atoms with Crippen molar-refractivity contribution in [2.75, 3.05) is 0 Å². The van der Waals surface area contributed by atoms with Crippen molar-refractivity contribution in [3.8, 4) is 0 Å². The standard InChI is InChI=1S/C8H9F3/c1-6-4-2-3-5-7(6)8(9,10)11/h2-7H,1H3. The zero-order chi connectivity index (χ0) is 8.48. The minimum absolute atomic E-state index is 0.431. The Hall–Kier alpha value is -0.730. The highest BCUT2D eigenvalue weighted by atomic mass is 19.4. The number of rotatable bonds is 0. The lowest BCUT2D eigenvalue weighted by molar-refractivity contribution is -0.169. The Morgan fingerprint density at radius 3 is 2.00 bits per heavy atom. The maximum atomic E-state index is 12.1. The van der Waals surface area contributed by atoms with Crippen LogP contribution in [-0.4, -0.2) is 6.18 Å². The third-order valence-electron chi connectivity index (χ3n) is 1.79. The van der Waals surface area contributed by atoms with Crippen LogP contribution in [0.1, 0.15) is 6.92 Å².